The zero-order valence-electron chi connectivity index (χ0n) is 15.1. The molecule has 1 saturated carbocycles. The van der Waals surface area contributed by atoms with E-state index in [1.165, 1.54) is 4.90 Å². The lowest BCUT2D eigenvalue weighted by molar-refractivity contribution is 0.0953. The molecule has 0 bridgehead atoms. The van der Waals surface area contributed by atoms with Crippen molar-refractivity contribution in [3.63, 3.8) is 0 Å². The van der Waals surface area contributed by atoms with Crippen molar-refractivity contribution in [2.75, 3.05) is 12.8 Å². The molecule has 1 aromatic heterocycles. The molecule has 1 fully saturated rings. The number of aromatic nitrogens is 2. The second-order valence-corrected chi connectivity index (χ2v) is 8.93. The van der Waals surface area contributed by atoms with Gasteiger partial charge in [-0.15, -0.1) is 11.8 Å². The second kappa shape index (κ2) is 7.82. The van der Waals surface area contributed by atoms with Crippen molar-refractivity contribution < 1.29 is 4.79 Å². The molecule has 1 amide bonds. The summed E-state index contributed by atoms with van der Waals surface area (Å²) in [5.41, 5.74) is 1.69. The first-order valence-electron chi connectivity index (χ1n) is 8.89. The van der Waals surface area contributed by atoms with Crippen LogP contribution in [-0.2, 0) is 0 Å². The minimum absolute atomic E-state index is 0.0165. The first-order valence-corrected chi connectivity index (χ1v) is 10.9. The Bertz CT molecular complexity index is 918. The van der Waals surface area contributed by atoms with Crippen molar-refractivity contribution in [1.82, 2.24) is 14.9 Å². The van der Waals surface area contributed by atoms with Gasteiger partial charge in [-0.05, 0) is 55.5 Å². The predicted octanol–water partition coefficient (Wildman–Crippen LogP) is 4.65. The molecule has 1 N–H and O–H groups in total. The van der Waals surface area contributed by atoms with Crippen LogP contribution >= 0.6 is 23.5 Å². The number of nitrogens with zero attached hydrogens (tertiary/aromatic N) is 2. The Hall–Kier alpha value is -2.18. The van der Waals surface area contributed by atoms with Crippen molar-refractivity contribution in [3.05, 3.63) is 72.6 Å². The highest BCUT2D eigenvalue weighted by Crippen LogP contribution is 2.51. The molecule has 6 heteroatoms. The van der Waals surface area contributed by atoms with Gasteiger partial charge >= 0.3 is 0 Å². The topological polar surface area (TPSA) is 46.9 Å². The lowest BCUT2D eigenvalue weighted by Crippen LogP contribution is -2.31. The first-order chi connectivity index (χ1) is 13.2. The molecule has 1 aliphatic carbocycles. The smallest absolute Gasteiger partial charge is 0.251 e. The number of thioether (sulfide) groups is 2. The summed E-state index contributed by atoms with van der Waals surface area (Å²) in [6.07, 6.45) is 8.00. The minimum Gasteiger partial charge on any atom is -0.351 e. The van der Waals surface area contributed by atoms with Crippen molar-refractivity contribution in [2.45, 2.75) is 27.6 Å². The number of amides is 1. The summed E-state index contributed by atoms with van der Waals surface area (Å²) in [4.78, 5) is 18.1. The van der Waals surface area contributed by atoms with Crippen LogP contribution in [0.2, 0.25) is 0 Å². The molecular weight excluding hydrogens is 374 g/mol. The average molecular weight is 396 g/mol. The standard InChI is InChI=1S/C21H21N3OS2/c1-26-20-22-13-14-24(20)17-9-7-16(8-10-17)19(25)23-15-21(11-12-21)27-18-5-3-2-4-6-18/h2-10,13-14H,11-12,15H2,1H3,(H,23,25). The SMILES string of the molecule is CSc1nccn1-c1ccc(C(=O)NCC2(Sc3ccccc3)CC2)cc1. The van der Waals surface area contributed by atoms with Gasteiger partial charge in [0.1, 0.15) is 0 Å². The van der Waals surface area contributed by atoms with Crippen LogP contribution in [0.15, 0.2) is 77.0 Å². The van der Waals surface area contributed by atoms with Gasteiger partial charge in [0.25, 0.3) is 5.91 Å². The summed E-state index contributed by atoms with van der Waals surface area (Å²) >= 11 is 3.47. The minimum atomic E-state index is -0.0165. The van der Waals surface area contributed by atoms with Gasteiger partial charge in [-0.1, -0.05) is 30.0 Å². The van der Waals surface area contributed by atoms with Gasteiger partial charge in [0.2, 0.25) is 0 Å². The third-order valence-electron chi connectivity index (χ3n) is 4.65. The largest absolute Gasteiger partial charge is 0.351 e. The summed E-state index contributed by atoms with van der Waals surface area (Å²) in [6, 6.07) is 18.1. The molecule has 2 aromatic carbocycles. The van der Waals surface area contributed by atoms with E-state index in [4.69, 9.17) is 0 Å². The molecule has 27 heavy (non-hydrogen) atoms. The maximum atomic E-state index is 12.5. The second-order valence-electron chi connectivity index (χ2n) is 6.61. The Morgan fingerprint density at radius 2 is 1.89 bits per heavy atom. The highest BCUT2D eigenvalue weighted by atomic mass is 32.2. The van der Waals surface area contributed by atoms with E-state index in [0.29, 0.717) is 12.1 Å². The number of imidazole rings is 1. The van der Waals surface area contributed by atoms with Gasteiger partial charge in [0.05, 0.1) is 0 Å². The van der Waals surface area contributed by atoms with E-state index in [9.17, 15) is 4.79 Å². The molecule has 0 spiro atoms. The van der Waals surface area contributed by atoms with Gasteiger partial charge in [0, 0.05) is 39.8 Å². The van der Waals surface area contributed by atoms with Gasteiger partial charge in [-0.25, -0.2) is 4.98 Å². The van der Waals surface area contributed by atoms with E-state index < -0.39 is 0 Å². The number of carbonyl (C=O) groups excluding carboxylic acids is 1. The molecule has 0 saturated heterocycles. The van der Waals surface area contributed by atoms with E-state index in [2.05, 4.69) is 34.6 Å². The molecule has 0 radical (unpaired) electrons. The molecule has 0 unspecified atom stereocenters. The molecular formula is C21H21N3OS2. The van der Waals surface area contributed by atoms with Crippen molar-refractivity contribution in [3.8, 4) is 5.69 Å². The number of hydrogen-bond acceptors (Lipinski definition) is 4. The van der Waals surface area contributed by atoms with Crippen molar-refractivity contribution in [2.24, 2.45) is 0 Å². The Morgan fingerprint density at radius 1 is 1.15 bits per heavy atom. The van der Waals surface area contributed by atoms with Crippen LogP contribution in [0.5, 0.6) is 0 Å². The quantitative estimate of drug-likeness (QED) is 0.592. The molecule has 4 rings (SSSR count). The maximum absolute atomic E-state index is 12.5. The number of carbonyl (C=O) groups is 1. The molecule has 1 aliphatic rings. The molecule has 1 heterocycles. The van der Waals surface area contributed by atoms with Gasteiger partial charge in [0.15, 0.2) is 5.16 Å². The zero-order chi connectivity index (χ0) is 18.7. The normalized spacial score (nSPS) is 14.7. The van der Waals surface area contributed by atoms with Crippen molar-refractivity contribution >= 4 is 29.4 Å². The highest BCUT2D eigenvalue weighted by Gasteiger charge is 2.43. The molecule has 4 nitrogen and oxygen atoms in total. The summed E-state index contributed by atoms with van der Waals surface area (Å²) in [5, 5.41) is 4.05. The lowest BCUT2D eigenvalue weighted by atomic mass is 10.2. The van der Waals surface area contributed by atoms with E-state index in [1.807, 2.05) is 59.1 Å². The van der Waals surface area contributed by atoms with Crippen LogP contribution in [0, 0.1) is 0 Å². The number of hydrogen-bond donors (Lipinski definition) is 1. The predicted molar refractivity (Wildman–Crippen MR) is 112 cm³/mol. The Labute approximate surface area is 167 Å². The van der Waals surface area contributed by atoms with Crippen LogP contribution < -0.4 is 5.32 Å². The van der Waals surface area contributed by atoms with E-state index in [-0.39, 0.29) is 10.7 Å². The number of benzene rings is 2. The van der Waals surface area contributed by atoms with Crippen LogP contribution in [0.25, 0.3) is 5.69 Å². The number of rotatable bonds is 7. The third-order valence-corrected chi connectivity index (χ3v) is 6.81. The fraction of sp³-hybridized carbons (Fsp3) is 0.238. The Balaban J connectivity index is 1.37. The maximum Gasteiger partial charge on any atom is 0.251 e. The van der Waals surface area contributed by atoms with E-state index in [0.717, 1.165) is 23.7 Å². The van der Waals surface area contributed by atoms with Crippen LogP contribution in [0.1, 0.15) is 23.2 Å². The summed E-state index contributed by atoms with van der Waals surface area (Å²) < 4.78 is 2.17. The van der Waals surface area contributed by atoms with E-state index in [1.54, 1.807) is 18.0 Å². The monoisotopic (exact) mass is 395 g/mol. The van der Waals surface area contributed by atoms with Gasteiger partial charge < -0.3 is 5.32 Å². The molecule has 0 aliphatic heterocycles. The lowest BCUT2D eigenvalue weighted by Gasteiger charge is -2.16. The molecule has 138 valence electrons. The Kier molecular flexibility index (Phi) is 5.27. The average Bonchev–Trinajstić information content (AvgIpc) is 3.30. The highest BCUT2D eigenvalue weighted by molar-refractivity contribution is 8.01. The van der Waals surface area contributed by atoms with Crippen LogP contribution in [0.3, 0.4) is 0 Å². The molecule has 3 aromatic rings. The molecule has 0 atom stereocenters. The summed E-state index contributed by atoms with van der Waals surface area (Å²) in [5.74, 6) is -0.0165. The zero-order valence-corrected chi connectivity index (χ0v) is 16.7. The van der Waals surface area contributed by atoms with Gasteiger partial charge in [-0.2, -0.15) is 0 Å². The fourth-order valence-corrected chi connectivity index (χ4v) is 4.72. The van der Waals surface area contributed by atoms with Crippen LogP contribution in [-0.4, -0.2) is 33.0 Å². The fourth-order valence-electron chi connectivity index (χ4n) is 2.95. The van der Waals surface area contributed by atoms with Crippen molar-refractivity contribution in [1.29, 1.82) is 0 Å². The number of nitrogens with one attached hydrogen (secondary N) is 1. The first kappa shape index (κ1) is 18.2. The Morgan fingerprint density at radius 3 is 2.56 bits per heavy atom. The summed E-state index contributed by atoms with van der Waals surface area (Å²) in [7, 11) is 0. The third kappa shape index (κ3) is 4.22. The van der Waals surface area contributed by atoms with Gasteiger partial charge in [-0.3, -0.25) is 9.36 Å². The summed E-state index contributed by atoms with van der Waals surface area (Å²) in [6.45, 7) is 0.700. The van der Waals surface area contributed by atoms with Crippen LogP contribution in [0.4, 0.5) is 0 Å². The van der Waals surface area contributed by atoms with E-state index >= 15 is 0 Å².